The van der Waals surface area contributed by atoms with Crippen LogP contribution in [0.3, 0.4) is 0 Å². The van der Waals surface area contributed by atoms with Crippen LogP contribution in [0.25, 0.3) is 0 Å². The van der Waals surface area contributed by atoms with Crippen LogP contribution in [-0.2, 0) is 5.54 Å². The van der Waals surface area contributed by atoms with Crippen LogP contribution in [0.1, 0.15) is 40.8 Å². The molecule has 2 N–H and O–H groups in total. The van der Waals surface area contributed by atoms with Crippen molar-refractivity contribution in [3.05, 3.63) is 57.8 Å². The zero-order valence-corrected chi connectivity index (χ0v) is 12.4. The lowest BCUT2D eigenvalue weighted by molar-refractivity contribution is 0.000876. The van der Waals surface area contributed by atoms with Crippen molar-refractivity contribution in [1.29, 1.82) is 0 Å². The number of hydrogen-bond acceptors (Lipinski definition) is 3. The van der Waals surface area contributed by atoms with Gasteiger partial charge in [0, 0.05) is 29.2 Å². The summed E-state index contributed by atoms with van der Waals surface area (Å²) in [6, 6.07) is 9.30. The molecule has 1 aliphatic carbocycles. The fourth-order valence-corrected chi connectivity index (χ4v) is 3.68. The molecule has 1 saturated carbocycles. The Morgan fingerprint density at radius 1 is 1.27 bits per heavy atom. The minimum Gasteiger partial charge on any atom is -0.393 e. The summed E-state index contributed by atoms with van der Waals surface area (Å²) >= 11 is 1.08. The maximum absolute atomic E-state index is 12.9. The van der Waals surface area contributed by atoms with Gasteiger partial charge in [-0.05, 0) is 5.56 Å². The van der Waals surface area contributed by atoms with Crippen molar-refractivity contribution in [3.8, 4) is 0 Å². The minimum absolute atomic E-state index is 0.0108. The molecule has 2 aromatic rings. The first-order chi connectivity index (χ1) is 10.5. The van der Waals surface area contributed by atoms with Crippen LogP contribution in [-0.4, -0.2) is 17.1 Å². The van der Waals surface area contributed by atoms with Crippen molar-refractivity contribution in [1.82, 2.24) is 5.32 Å². The Bertz CT molecular complexity index is 666. The first kappa shape index (κ1) is 15.1. The molecule has 3 rings (SSSR count). The molecule has 3 nitrogen and oxygen atoms in total. The molecule has 0 spiro atoms. The standard InChI is InChI=1S/C16H15F2NO2S/c17-14(18)12-8-22-9-13(12)15(21)19-16(6-11(20)7-16)10-4-2-1-3-5-10/h1-5,8-9,11,14,20H,6-7H2,(H,19,21). The van der Waals surface area contributed by atoms with E-state index >= 15 is 0 Å². The number of rotatable bonds is 4. The molecular weight excluding hydrogens is 308 g/mol. The zero-order valence-electron chi connectivity index (χ0n) is 11.6. The molecule has 0 bridgehead atoms. The number of carbonyl (C=O) groups is 1. The largest absolute Gasteiger partial charge is 0.393 e. The highest BCUT2D eigenvalue weighted by Crippen LogP contribution is 2.42. The van der Waals surface area contributed by atoms with E-state index in [1.807, 2.05) is 30.3 Å². The molecule has 1 aromatic carbocycles. The molecule has 1 heterocycles. The molecule has 0 atom stereocenters. The van der Waals surface area contributed by atoms with Crippen LogP contribution in [0.4, 0.5) is 8.78 Å². The molecule has 1 aliphatic rings. The van der Waals surface area contributed by atoms with E-state index in [2.05, 4.69) is 5.32 Å². The normalized spacial score (nSPS) is 24.1. The van der Waals surface area contributed by atoms with E-state index in [4.69, 9.17) is 0 Å². The predicted octanol–water partition coefficient (Wildman–Crippen LogP) is 3.47. The Morgan fingerprint density at radius 2 is 1.95 bits per heavy atom. The molecule has 116 valence electrons. The van der Waals surface area contributed by atoms with Gasteiger partial charge in [0.2, 0.25) is 0 Å². The number of amides is 1. The molecule has 1 fully saturated rings. The highest BCUT2D eigenvalue weighted by molar-refractivity contribution is 7.08. The second-order valence-electron chi connectivity index (χ2n) is 5.51. The van der Waals surface area contributed by atoms with E-state index in [1.165, 1.54) is 10.8 Å². The van der Waals surface area contributed by atoms with Gasteiger partial charge >= 0.3 is 0 Å². The van der Waals surface area contributed by atoms with Crippen LogP contribution in [0.15, 0.2) is 41.1 Å². The van der Waals surface area contributed by atoms with Crippen molar-refractivity contribution in [2.45, 2.75) is 30.9 Å². The van der Waals surface area contributed by atoms with Crippen LogP contribution >= 0.6 is 11.3 Å². The van der Waals surface area contributed by atoms with Crippen LogP contribution in [0.5, 0.6) is 0 Å². The summed E-state index contributed by atoms with van der Waals surface area (Å²) in [5.74, 6) is -0.521. The third kappa shape index (κ3) is 2.64. The van der Waals surface area contributed by atoms with Crippen LogP contribution in [0, 0.1) is 0 Å². The van der Waals surface area contributed by atoms with E-state index in [1.54, 1.807) is 0 Å². The summed E-state index contributed by atoms with van der Waals surface area (Å²) in [4.78, 5) is 12.4. The summed E-state index contributed by atoms with van der Waals surface area (Å²) in [5.41, 5.74) is -0.0382. The smallest absolute Gasteiger partial charge is 0.265 e. The lowest BCUT2D eigenvalue weighted by Gasteiger charge is -2.46. The van der Waals surface area contributed by atoms with Gasteiger partial charge in [0.05, 0.1) is 17.2 Å². The first-order valence-electron chi connectivity index (χ1n) is 6.92. The van der Waals surface area contributed by atoms with Gasteiger partial charge < -0.3 is 10.4 Å². The van der Waals surface area contributed by atoms with Gasteiger partial charge in [-0.1, -0.05) is 30.3 Å². The third-order valence-electron chi connectivity index (χ3n) is 4.02. The Morgan fingerprint density at radius 3 is 2.55 bits per heavy atom. The summed E-state index contributed by atoms with van der Waals surface area (Å²) in [5, 5.41) is 15.2. The maximum Gasteiger partial charge on any atom is 0.265 e. The van der Waals surface area contributed by atoms with Crippen molar-refractivity contribution in [2.75, 3.05) is 0 Å². The van der Waals surface area contributed by atoms with E-state index < -0.39 is 24.0 Å². The van der Waals surface area contributed by atoms with Gasteiger partial charge in [-0.3, -0.25) is 4.79 Å². The second kappa shape index (κ2) is 5.78. The molecular formula is C16H15F2NO2S. The fraction of sp³-hybridized carbons (Fsp3) is 0.312. The Hall–Kier alpha value is -1.79. The second-order valence-corrected chi connectivity index (χ2v) is 6.25. The summed E-state index contributed by atoms with van der Waals surface area (Å²) in [7, 11) is 0. The number of hydrogen-bond donors (Lipinski definition) is 2. The van der Waals surface area contributed by atoms with Crippen molar-refractivity contribution in [3.63, 3.8) is 0 Å². The van der Waals surface area contributed by atoms with Crippen molar-refractivity contribution >= 4 is 17.2 Å². The predicted molar refractivity (Wildman–Crippen MR) is 80.1 cm³/mol. The van der Waals surface area contributed by atoms with Gasteiger partial charge in [-0.2, -0.15) is 11.3 Å². The zero-order chi connectivity index (χ0) is 15.7. The molecule has 6 heteroatoms. The molecule has 1 aromatic heterocycles. The lowest BCUT2D eigenvalue weighted by atomic mass is 9.69. The minimum atomic E-state index is -2.67. The van der Waals surface area contributed by atoms with E-state index in [0.717, 1.165) is 16.9 Å². The van der Waals surface area contributed by atoms with E-state index in [-0.39, 0.29) is 11.1 Å². The fourth-order valence-electron chi connectivity index (χ4n) is 2.86. The highest BCUT2D eigenvalue weighted by Gasteiger charge is 2.46. The number of carbonyl (C=O) groups excluding carboxylic acids is 1. The van der Waals surface area contributed by atoms with E-state index in [9.17, 15) is 18.7 Å². The topological polar surface area (TPSA) is 49.3 Å². The highest BCUT2D eigenvalue weighted by atomic mass is 32.1. The van der Waals surface area contributed by atoms with Gasteiger partial charge in [-0.25, -0.2) is 8.78 Å². The summed E-state index contributed by atoms with van der Waals surface area (Å²) in [6.45, 7) is 0. The summed E-state index contributed by atoms with van der Waals surface area (Å²) < 4.78 is 25.8. The molecule has 1 amide bonds. The van der Waals surface area contributed by atoms with Gasteiger partial charge in [0.15, 0.2) is 0 Å². The van der Waals surface area contributed by atoms with Crippen LogP contribution < -0.4 is 5.32 Å². The lowest BCUT2D eigenvalue weighted by Crippen LogP contribution is -2.56. The number of alkyl halides is 2. The number of aliphatic hydroxyl groups excluding tert-OH is 1. The van der Waals surface area contributed by atoms with Crippen molar-refractivity contribution in [2.24, 2.45) is 0 Å². The monoisotopic (exact) mass is 323 g/mol. The van der Waals surface area contributed by atoms with E-state index in [0.29, 0.717) is 12.8 Å². The number of benzene rings is 1. The van der Waals surface area contributed by atoms with Gasteiger partial charge in [-0.15, -0.1) is 0 Å². The molecule has 0 radical (unpaired) electrons. The number of nitrogens with one attached hydrogen (secondary N) is 1. The van der Waals surface area contributed by atoms with Crippen molar-refractivity contribution < 1.29 is 18.7 Å². The molecule has 0 unspecified atom stereocenters. The summed E-state index contributed by atoms with van der Waals surface area (Å²) in [6.07, 6.45) is -2.39. The third-order valence-corrected chi connectivity index (χ3v) is 4.78. The quantitative estimate of drug-likeness (QED) is 0.905. The average molecular weight is 323 g/mol. The number of thiophene rings is 1. The number of aliphatic hydroxyl groups is 1. The average Bonchev–Trinajstić information content (AvgIpc) is 2.96. The van der Waals surface area contributed by atoms with Crippen LogP contribution in [0.2, 0.25) is 0 Å². The SMILES string of the molecule is O=C(NC1(c2ccccc2)CC(O)C1)c1cscc1C(F)F. The molecule has 0 saturated heterocycles. The van der Waals surface area contributed by atoms with Gasteiger partial charge in [0.1, 0.15) is 0 Å². The number of halogens is 2. The molecule has 0 aliphatic heterocycles. The maximum atomic E-state index is 12.9. The Kier molecular flexibility index (Phi) is 3.97. The first-order valence-corrected chi connectivity index (χ1v) is 7.86. The molecule has 22 heavy (non-hydrogen) atoms. The Labute approximate surface area is 130 Å². The Balaban J connectivity index is 1.86. The van der Waals surface area contributed by atoms with Gasteiger partial charge in [0.25, 0.3) is 12.3 Å².